The van der Waals surface area contributed by atoms with Crippen molar-refractivity contribution in [3.05, 3.63) is 93.2 Å². The lowest BCUT2D eigenvalue weighted by molar-refractivity contribution is 0.296. The molecule has 0 aliphatic rings. The first kappa shape index (κ1) is 26.9. The van der Waals surface area contributed by atoms with Gasteiger partial charge in [-0.05, 0) is 72.2 Å². The van der Waals surface area contributed by atoms with Crippen LogP contribution in [0.15, 0.2) is 71.5 Å². The lowest BCUT2D eigenvalue weighted by atomic mass is 9.94. The van der Waals surface area contributed by atoms with Crippen molar-refractivity contribution in [2.24, 2.45) is 0 Å². The average Bonchev–Trinajstić information content (AvgIpc) is 2.89. The van der Waals surface area contributed by atoms with Crippen LogP contribution in [0.4, 0.5) is 0 Å². The molecular weight excluding hydrogens is 480 g/mol. The molecule has 0 N–H and O–H groups in total. The maximum Gasteiger partial charge on any atom is 0.261 e. The summed E-state index contributed by atoms with van der Waals surface area (Å²) in [6.45, 7) is 10.2. The molecule has 0 atom stereocenters. The third-order valence-corrected chi connectivity index (χ3v) is 7.06. The summed E-state index contributed by atoms with van der Waals surface area (Å²) >= 11 is 6.10. The number of hydrogen-bond donors (Lipinski definition) is 0. The van der Waals surface area contributed by atoms with Crippen molar-refractivity contribution < 1.29 is 4.74 Å². The van der Waals surface area contributed by atoms with E-state index in [4.69, 9.17) is 21.3 Å². The summed E-state index contributed by atoms with van der Waals surface area (Å²) in [5, 5.41) is 1.32. The first-order valence-electron chi connectivity index (χ1n) is 13.4. The van der Waals surface area contributed by atoms with Crippen LogP contribution in [0, 0.1) is 0 Å². The van der Waals surface area contributed by atoms with Crippen LogP contribution in [0.1, 0.15) is 76.3 Å². The summed E-state index contributed by atoms with van der Waals surface area (Å²) in [5.41, 5.74) is 4.18. The minimum atomic E-state index is 0.00499. The zero-order chi connectivity index (χ0) is 26.4. The molecule has 4 rings (SSSR count). The second kappa shape index (κ2) is 12.4. The summed E-state index contributed by atoms with van der Waals surface area (Å²) in [6.07, 6.45) is 3.96. The number of para-hydroxylation sites is 2. The number of rotatable bonds is 11. The minimum Gasteiger partial charge on any atom is -0.493 e. The van der Waals surface area contributed by atoms with Crippen LogP contribution in [-0.2, 0) is 6.54 Å². The van der Waals surface area contributed by atoms with Gasteiger partial charge in [-0.25, -0.2) is 4.98 Å². The van der Waals surface area contributed by atoms with Crippen LogP contribution in [-0.4, -0.2) is 16.2 Å². The number of nitrogens with zero attached hydrogens (tertiary/aromatic N) is 2. The van der Waals surface area contributed by atoms with Gasteiger partial charge in [0.05, 0.1) is 17.5 Å². The summed E-state index contributed by atoms with van der Waals surface area (Å²) < 4.78 is 8.15. The van der Waals surface area contributed by atoms with Gasteiger partial charge in [0.25, 0.3) is 5.56 Å². The predicted octanol–water partition coefficient (Wildman–Crippen LogP) is 8.60. The van der Waals surface area contributed by atoms with Crippen molar-refractivity contribution in [1.82, 2.24) is 9.55 Å². The molecule has 4 nitrogen and oxygen atoms in total. The highest BCUT2D eigenvalue weighted by Gasteiger charge is 2.15. The Morgan fingerprint density at radius 2 is 1.46 bits per heavy atom. The average molecular weight is 517 g/mol. The number of aromatic nitrogens is 2. The topological polar surface area (TPSA) is 44.1 Å². The monoisotopic (exact) mass is 516 g/mol. The Morgan fingerprint density at radius 3 is 2.14 bits per heavy atom. The quantitative estimate of drug-likeness (QED) is 0.187. The zero-order valence-electron chi connectivity index (χ0n) is 22.3. The molecule has 0 aliphatic heterocycles. The molecular formula is C32H37ClN2O2. The van der Waals surface area contributed by atoms with Crippen molar-refractivity contribution in [2.75, 3.05) is 6.61 Å². The van der Waals surface area contributed by atoms with Gasteiger partial charge in [-0.15, -0.1) is 0 Å². The minimum absolute atomic E-state index is 0.00499. The molecule has 0 saturated carbocycles. The maximum atomic E-state index is 13.4. The van der Waals surface area contributed by atoms with E-state index in [9.17, 15) is 4.79 Å². The van der Waals surface area contributed by atoms with E-state index in [1.54, 1.807) is 0 Å². The van der Waals surface area contributed by atoms with Crippen molar-refractivity contribution in [1.29, 1.82) is 0 Å². The number of ether oxygens (including phenoxy) is 1. The van der Waals surface area contributed by atoms with E-state index in [0.717, 1.165) is 37.0 Å². The SMILES string of the molecule is CC(C)c1cccc(C(C)C)c1OCCCCCCn1c(-c2ccc(Cl)cc2)nc2ccccc2c1=O. The van der Waals surface area contributed by atoms with E-state index >= 15 is 0 Å². The Kier molecular flexibility index (Phi) is 9.04. The molecule has 0 aliphatic carbocycles. The largest absolute Gasteiger partial charge is 0.493 e. The van der Waals surface area contributed by atoms with Crippen LogP contribution in [0.5, 0.6) is 5.75 Å². The number of hydrogen-bond acceptors (Lipinski definition) is 3. The smallest absolute Gasteiger partial charge is 0.261 e. The normalized spacial score (nSPS) is 11.5. The predicted molar refractivity (Wildman–Crippen MR) is 155 cm³/mol. The fourth-order valence-corrected chi connectivity index (χ4v) is 4.87. The Hall–Kier alpha value is -3.11. The maximum absolute atomic E-state index is 13.4. The van der Waals surface area contributed by atoms with E-state index < -0.39 is 0 Å². The molecule has 5 heteroatoms. The van der Waals surface area contributed by atoms with E-state index in [-0.39, 0.29) is 5.56 Å². The van der Waals surface area contributed by atoms with Crippen LogP contribution < -0.4 is 10.3 Å². The highest BCUT2D eigenvalue weighted by atomic mass is 35.5. The molecule has 0 unspecified atom stereocenters. The van der Waals surface area contributed by atoms with Crippen LogP contribution >= 0.6 is 11.6 Å². The van der Waals surface area contributed by atoms with Gasteiger partial charge in [0.2, 0.25) is 0 Å². The van der Waals surface area contributed by atoms with Crippen LogP contribution in [0.2, 0.25) is 5.02 Å². The van der Waals surface area contributed by atoms with Gasteiger partial charge in [-0.1, -0.05) is 82.5 Å². The van der Waals surface area contributed by atoms with Gasteiger partial charge in [0, 0.05) is 17.1 Å². The van der Waals surface area contributed by atoms with Gasteiger partial charge in [-0.2, -0.15) is 0 Å². The van der Waals surface area contributed by atoms with E-state index in [2.05, 4.69) is 45.9 Å². The third-order valence-electron chi connectivity index (χ3n) is 6.81. The first-order chi connectivity index (χ1) is 17.9. The van der Waals surface area contributed by atoms with Crippen molar-refractivity contribution in [3.63, 3.8) is 0 Å². The standard InChI is InChI=1S/C32H37ClN2O2/c1-22(2)26-13-11-14-27(23(3)4)30(26)37-21-10-6-5-9-20-35-31(24-16-18-25(33)19-17-24)34-29-15-8-7-12-28(29)32(35)36/h7-8,11-19,22-23H,5-6,9-10,20-21H2,1-4H3. The second-order valence-corrected chi connectivity index (χ2v) is 10.7. The summed E-state index contributed by atoms with van der Waals surface area (Å²) in [7, 11) is 0. The molecule has 3 aromatic carbocycles. The lowest BCUT2D eigenvalue weighted by Crippen LogP contribution is -2.23. The third kappa shape index (κ3) is 6.42. The fourth-order valence-electron chi connectivity index (χ4n) is 4.74. The van der Waals surface area contributed by atoms with Crippen LogP contribution in [0.25, 0.3) is 22.3 Å². The van der Waals surface area contributed by atoms with Gasteiger partial charge in [0.1, 0.15) is 11.6 Å². The molecule has 0 spiro atoms. The zero-order valence-corrected chi connectivity index (χ0v) is 23.1. The molecule has 1 aromatic heterocycles. The van der Waals surface area contributed by atoms with E-state index in [1.165, 1.54) is 11.1 Å². The second-order valence-electron chi connectivity index (χ2n) is 10.3. The Bertz CT molecular complexity index is 1360. The van der Waals surface area contributed by atoms with Gasteiger partial charge >= 0.3 is 0 Å². The van der Waals surface area contributed by atoms with Crippen molar-refractivity contribution in [3.8, 4) is 17.1 Å². The molecule has 1 heterocycles. The molecule has 0 radical (unpaired) electrons. The Labute approximate surface area is 225 Å². The molecule has 4 aromatic rings. The Morgan fingerprint density at radius 1 is 0.811 bits per heavy atom. The highest BCUT2D eigenvalue weighted by molar-refractivity contribution is 6.30. The molecule has 194 valence electrons. The molecule has 0 amide bonds. The summed E-state index contributed by atoms with van der Waals surface area (Å²) in [4.78, 5) is 18.2. The van der Waals surface area contributed by atoms with E-state index in [1.807, 2.05) is 53.1 Å². The number of benzene rings is 3. The van der Waals surface area contributed by atoms with Gasteiger partial charge in [0.15, 0.2) is 0 Å². The van der Waals surface area contributed by atoms with E-state index in [0.29, 0.717) is 46.7 Å². The van der Waals surface area contributed by atoms with Crippen molar-refractivity contribution >= 4 is 22.5 Å². The first-order valence-corrected chi connectivity index (χ1v) is 13.8. The number of halogens is 1. The van der Waals surface area contributed by atoms with Crippen LogP contribution in [0.3, 0.4) is 0 Å². The summed E-state index contributed by atoms with van der Waals surface area (Å²) in [6, 6.07) is 21.6. The number of unbranched alkanes of at least 4 members (excludes halogenated alkanes) is 3. The Balaban J connectivity index is 1.40. The molecule has 37 heavy (non-hydrogen) atoms. The van der Waals surface area contributed by atoms with Crippen molar-refractivity contribution in [2.45, 2.75) is 71.8 Å². The fraction of sp³-hybridized carbons (Fsp3) is 0.375. The van der Waals surface area contributed by atoms with Gasteiger partial charge in [-0.3, -0.25) is 9.36 Å². The highest BCUT2D eigenvalue weighted by Crippen LogP contribution is 2.34. The lowest BCUT2D eigenvalue weighted by Gasteiger charge is -2.20. The molecule has 0 fully saturated rings. The molecule has 0 bridgehead atoms. The van der Waals surface area contributed by atoms with Gasteiger partial charge < -0.3 is 4.74 Å². The number of fused-ring (bicyclic) bond motifs is 1. The summed E-state index contributed by atoms with van der Waals surface area (Å²) in [5.74, 6) is 2.61. The molecule has 0 saturated heterocycles.